The summed E-state index contributed by atoms with van der Waals surface area (Å²) >= 11 is 0. The Balaban J connectivity index is 1.78. The maximum absolute atomic E-state index is 5.42. The van der Waals surface area contributed by atoms with E-state index in [1.165, 1.54) is 11.1 Å². The van der Waals surface area contributed by atoms with Crippen LogP contribution < -0.4 is 21.5 Å². The normalized spacial score (nSPS) is 13.9. The van der Waals surface area contributed by atoms with E-state index in [0.29, 0.717) is 23.9 Å². The Kier molecular flexibility index (Phi) is 3.57. The van der Waals surface area contributed by atoms with Crippen LogP contribution in [0.4, 0.5) is 17.8 Å². The minimum absolute atomic E-state index is 0.297. The predicted octanol–water partition coefficient (Wildman–Crippen LogP) is 0.802. The van der Waals surface area contributed by atoms with Gasteiger partial charge in [-0.15, -0.1) is 0 Å². The highest BCUT2D eigenvalue weighted by Gasteiger charge is 2.22. The number of hydrazine groups is 1. The van der Waals surface area contributed by atoms with Crippen molar-refractivity contribution >= 4 is 17.8 Å². The van der Waals surface area contributed by atoms with E-state index in [1.54, 1.807) is 0 Å². The lowest BCUT2D eigenvalue weighted by Gasteiger charge is -2.16. The summed E-state index contributed by atoms with van der Waals surface area (Å²) in [5.41, 5.74) is 5.24. The molecule has 4 N–H and O–H groups in total. The fourth-order valence-corrected chi connectivity index (χ4v) is 2.54. The highest BCUT2D eigenvalue weighted by atomic mass is 15.4. The van der Waals surface area contributed by atoms with E-state index in [4.69, 9.17) is 5.84 Å². The molecule has 2 aromatic rings. The molecule has 0 saturated carbocycles. The average Bonchev–Trinajstić information content (AvgIpc) is 2.88. The molecule has 1 aliphatic carbocycles. The highest BCUT2D eigenvalue weighted by molar-refractivity contribution is 5.44. The van der Waals surface area contributed by atoms with Crippen LogP contribution in [0.5, 0.6) is 0 Å². The zero-order valence-electron chi connectivity index (χ0n) is 12.2. The van der Waals surface area contributed by atoms with E-state index < -0.39 is 0 Å². The molecule has 0 amide bonds. The molecule has 0 saturated heterocycles. The molecule has 1 aromatic carbocycles. The lowest BCUT2D eigenvalue weighted by Crippen LogP contribution is -2.24. The number of hydrogen-bond donors (Lipinski definition) is 3. The van der Waals surface area contributed by atoms with Crippen molar-refractivity contribution in [3.8, 4) is 0 Å². The molecule has 7 heteroatoms. The second-order valence-corrected chi connectivity index (χ2v) is 5.34. The molecule has 0 atom stereocenters. The smallest absolute Gasteiger partial charge is 0.243 e. The third kappa shape index (κ3) is 2.87. The Bertz CT molecular complexity index is 616. The Morgan fingerprint density at radius 3 is 2.24 bits per heavy atom. The van der Waals surface area contributed by atoms with E-state index in [-0.39, 0.29) is 0 Å². The fourth-order valence-electron chi connectivity index (χ4n) is 2.54. The van der Waals surface area contributed by atoms with Crippen molar-refractivity contribution in [2.45, 2.75) is 18.9 Å². The summed E-state index contributed by atoms with van der Waals surface area (Å²) in [4.78, 5) is 14.7. The van der Waals surface area contributed by atoms with Crippen LogP contribution in [0.3, 0.4) is 0 Å². The van der Waals surface area contributed by atoms with Gasteiger partial charge in [-0.2, -0.15) is 15.0 Å². The Morgan fingerprint density at radius 2 is 1.67 bits per heavy atom. The largest absolute Gasteiger partial charge is 0.351 e. The van der Waals surface area contributed by atoms with Crippen LogP contribution in [0.15, 0.2) is 24.3 Å². The van der Waals surface area contributed by atoms with Gasteiger partial charge >= 0.3 is 0 Å². The van der Waals surface area contributed by atoms with Gasteiger partial charge in [0, 0.05) is 20.1 Å². The maximum atomic E-state index is 5.42. The van der Waals surface area contributed by atoms with Crippen LogP contribution in [0.1, 0.15) is 11.1 Å². The molecule has 0 radical (unpaired) electrons. The summed E-state index contributed by atoms with van der Waals surface area (Å²) in [5.74, 6) is 6.88. The zero-order valence-corrected chi connectivity index (χ0v) is 12.2. The second-order valence-electron chi connectivity index (χ2n) is 5.34. The molecular formula is C14H19N7. The van der Waals surface area contributed by atoms with Crippen LogP contribution in [-0.2, 0) is 12.8 Å². The number of anilines is 3. The van der Waals surface area contributed by atoms with E-state index in [9.17, 15) is 0 Å². The topological polar surface area (TPSA) is 92.0 Å². The van der Waals surface area contributed by atoms with Crippen LogP contribution in [0, 0.1) is 0 Å². The van der Waals surface area contributed by atoms with Crippen LogP contribution >= 0.6 is 0 Å². The van der Waals surface area contributed by atoms with Gasteiger partial charge in [0.1, 0.15) is 0 Å². The molecule has 0 bridgehead atoms. The molecule has 3 rings (SSSR count). The monoisotopic (exact) mass is 285 g/mol. The molecular weight excluding hydrogens is 266 g/mol. The molecule has 0 fully saturated rings. The van der Waals surface area contributed by atoms with Gasteiger partial charge in [-0.05, 0) is 24.0 Å². The molecule has 0 aliphatic heterocycles. The van der Waals surface area contributed by atoms with E-state index in [0.717, 1.165) is 12.8 Å². The number of benzene rings is 1. The number of fused-ring (bicyclic) bond motifs is 1. The van der Waals surface area contributed by atoms with Crippen molar-refractivity contribution in [1.82, 2.24) is 15.0 Å². The first-order valence-electron chi connectivity index (χ1n) is 6.89. The minimum atomic E-state index is 0.297. The van der Waals surface area contributed by atoms with Crippen molar-refractivity contribution in [1.29, 1.82) is 0 Å². The van der Waals surface area contributed by atoms with Crippen LogP contribution in [-0.4, -0.2) is 35.1 Å². The van der Waals surface area contributed by atoms with E-state index >= 15 is 0 Å². The van der Waals surface area contributed by atoms with Crippen molar-refractivity contribution in [3.63, 3.8) is 0 Å². The average molecular weight is 285 g/mol. The van der Waals surface area contributed by atoms with Gasteiger partial charge in [-0.25, -0.2) is 5.84 Å². The van der Waals surface area contributed by atoms with Crippen molar-refractivity contribution in [2.24, 2.45) is 5.84 Å². The van der Waals surface area contributed by atoms with Gasteiger partial charge in [-0.1, -0.05) is 24.3 Å². The summed E-state index contributed by atoms with van der Waals surface area (Å²) in [5, 5.41) is 3.37. The van der Waals surface area contributed by atoms with Gasteiger partial charge < -0.3 is 10.2 Å². The molecule has 7 nitrogen and oxygen atoms in total. The molecule has 1 aliphatic rings. The molecule has 0 unspecified atom stereocenters. The molecule has 0 spiro atoms. The third-order valence-corrected chi connectivity index (χ3v) is 3.54. The summed E-state index contributed by atoms with van der Waals surface area (Å²) in [6.07, 6.45) is 1.95. The lowest BCUT2D eigenvalue weighted by molar-refractivity contribution is 0.758. The number of aromatic nitrogens is 3. The minimum Gasteiger partial charge on any atom is -0.351 e. The first-order chi connectivity index (χ1) is 10.2. The quantitative estimate of drug-likeness (QED) is 0.565. The summed E-state index contributed by atoms with van der Waals surface area (Å²) in [6, 6.07) is 8.78. The summed E-state index contributed by atoms with van der Waals surface area (Å²) < 4.78 is 0. The van der Waals surface area contributed by atoms with Crippen LogP contribution in [0.2, 0.25) is 0 Å². The predicted molar refractivity (Wildman–Crippen MR) is 83.2 cm³/mol. The lowest BCUT2D eigenvalue weighted by atomic mass is 10.1. The van der Waals surface area contributed by atoms with Gasteiger partial charge in [0.15, 0.2) is 0 Å². The van der Waals surface area contributed by atoms with E-state index in [1.807, 2.05) is 19.0 Å². The maximum Gasteiger partial charge on any atom is 0.243 e. The van der Waals surface area contributed by atoms with Gasteiger partial charge in [0.2, 0.25) is 17.8 Å². The van der Waals surface area contributed by atoms with Crippen molar-refractivity contribution < 1.29 is 0 Å². The zero-order chi connectivity index (χ0) is 14.8. The number of nitrogens with one attached hydrogen (secondary N) is 2. The SMILES string of the molecule is CN(C)c1nc(NN)nc(NC2Cc3ccccc3C2)n1. The fraction of sp³-hybridized carbons (Fsp3) is 0.357. The molecule has 1 heterocycles. The molecule has 21 heavy (non-hydrogen) atoms. The third-order valence-electron chi connectivity index (χ3n) is 3.54. The number of nitrogens with zero attached hydrogens (tertiary/aromatic N) is 4. The molecule has 110 valence electrons. The standard InChI is InChI=1S/C14H19N7/c1-21(2)14-18-12(17-13(19-14)20-15)16-11-7-9-5-3-4-6-10(9)8-11/h3-6,11H,7-8,15H2,1-2H3,(H2,16,17,18,19,20). The first-order valence-corrected chi connectivity index (χ1v) is 6.89. The first kappa shape index (κ1) is 13.6. The summed E-state index contributed by atoms with van der Waals surface area (Å²) in [7, 11) is 3.76. The number of nitrogen functional groups attached to an aromatic ring is 1. The number of nitrogens with two attached hydrogens (primary N) is 1. The Hall–Kier alpha value is -2.41. The Morgan fingerprint density at radius 1 is 1.05 bits per heavy atom. The van der Waals surface area contributed by atoms with Gasteiger partial charge in [0.25, 0.3) is 0 Å². The summed E-state index contributed by atoms with van der Waals surface area (Å²) in [6.45, 7) is 0. The number of hydrogen-bond acceptors (Lipinski definition) is 7. The van der Waals surface area contributed by atoms with E-state index in [2.05, 4.69) is 50.0 Å². The molecule has 1 aromatic heterocycles. The number of rotatable bonds is 4. The van der Waals surface area contributed by atoms with Crippen molar-refractivity contribution in [3.05, 3.63) is 35.4 Å². The highest BCUT2D eigenvalue weighted by Crippen LogP contribution is 2.24. The Labute approximate surface area is 123 Å². The van der Waals surface area contributed by atoms with Crippen LogP contribution in [0.25, 0.3) is 0 Å². The van der Waals surface area contributed by atoms with Gasteiger partial charge in [0.05, 0.1) is 0 Å². The second kappa shape index (κ2) is 5.53. The van der Waals surface area contributed by atoms with Gasteiger partial charge in [-0.3, -0.25) is 5.43 Å². The van der Waals surface area contributed by atoms with Crippen molar-refractivity contribution in [2.75, 3.05) is 29.7 Å².